The average molecular weight is 277 g/mol. The molecular formula is C13H17N4O3. The summed E-state index contributed by atoms with van der Waals surface area (Å²) in [4.78, 5) is 41.2. The summed E-state index contributed by atoms with van der Waals surface area (Å²) in [5, 5.41) is 5.25. The standard InChI is InChI=1S/C13H17N4O3/c1-8-2-3-11(19)17-12(8)13(20)16-10(6-18)4-9-5-14-7-15-9/h5,7-8,10,12H,2-4H2,1H3,(H,14,15)(H,16,20)(H,17,19)/t8?,10-,12?/m0/s1. The summed E-state index contributed by atoms with van der Waals surface area (Å²) in [5.74, 6) is -0.443. The molecule has 107 valence electrons. The predicted octanol–water partition coefficient (Wildman–Crippen LogP) is -0.539. The van der Waals surface area contributed by atoms with E-state index in [0.717, 1.165) is 0 Å². The fraction of sp³-hybridized carbons (Fsp3) is 0.538. The Labute approximate surface area is 116 Å². The third-order valence-corrected chi connectivity index (χ3v) is 3.42. The Balaban J connectivity index is 1.94. The number of nitrogens with one attached hydrogen (secondary N) is 3. The first kappa shape index (κ1) is 14.2. The van der Waals surface area contributed by atoms with Gasteiger partial charge in [-0.25, -0.2) is 4.98 Å². The lowest BCUT2D eigenvalue weighted by molar-refractivity contribution is -0.132. The highest BCUT2D eigenvalue weighted by Gasteiger charge is 2.32. The maximum atomic E-state index is 12.1. The number of aromatic nitrogens is 2. The molecule has 1 aliphatic heterocycles. The Morgan fingerprint density at radius 1 is 1.65 bits per heavy atom. The van der Waals surface area contributed by atoms with Crippen molar-refractivity contribution in [1.29, 1.82) is 0 Å². The second-order valence-corrected chi connectivity index (χ2v) is 5.00. The molecule has 1 aromatic rings. The molecule has 0 saturated carbocycles. The van der Waals surface area contributed by atoms with Crippen molar-refractivity contribution in [3.8, 4) is 0 Å². The average Bonchev–Trinajstić information content (AvgIpc) is 2.93. The fourth-order valence-corrected chi connectivity index (χ4v) is 2.23. The fourth-order valence-electron chi connectivity index (χ4n) is 2.23. The molecule has 1 aromatic heterocycles. The largest absolute Gasteiger partial charge is 0.351 e. The van der Waals surface area contributed by atoms with Crippen LogP contribution in [-0.4, -0.2) is 40.2 Å². The van der Waals surface area contributed by atoms with E-state index in [1.165, 1.54) is 6.33 Å². The number of aromatic amines is 1. The van der Waals surface area contributed by atoms with Crippen molar-refractivity contribution in [3.05, 3.63) is 18.2 Å². The summed E-state index contributed by atoms with van der Waals surface area (Å²) in [7, 11) is 0. The smallest absolute Gasteiger partial charge is 0.243 e. The van der Waals surface area contributed by atoms with Crippen molar-refractivity contribution in [2.24, 2.45) is 5.92 Å². The van der Waals surface area contributed by atoms with Crippen molar-refractivity contribution < 1.29 is 14.4 Å². The van der Waals surface area contributed by atoms with Crippen molar-refractivity contribution >= 4 is 18.1 Å². The highest BCUT2D eigenvalue weighted by atomic mass is 16.2. The van der Waals surface area contributed by atoms with Gasteiger partial charge in [0.25, 0.3) is 0 Å². The summed E-state index contributed by atoms with van der Waals surface area (Å²) >= 11 is 0. The van der Waals surface area contributed by atoms with Gasteiger partial charge in [-0.2, -0.15) is 0 Å². The molecule has 7 nitrogen and oxygen atoms in total. The van der Waals surface area contributed by atoms with Crippen molar-refractivity contribution in [2.45, 2.75) is 38.3 Å². The van der Waals surface area contributed by atoms with Crippen LogP contribution >= 0.6 is 0 Å². The van der Waals surface area contributed by atoms with E-state index in [-0.39, 0.29) is 24.2 Å². The van der Waals surface area contributed by atoms with Gasteiger partial charge in [0.05, 0.1) is 12.0 Å². The van der Waals surface area contributed by atoms with Crippen LogP contribution in [0, 0.1) is 5.92 Å². The van der Waals surface area contributed by atoms with Gasteiger partial charge in [-0.3, -0.25) is 14.4 Å². The minimum atomic E-state index is -0.767. The van der Waals surface area contributed by atoms with Crippen LogP contribution in [-0.2, 0) is 20.8 Å². The molecule has 1 saturated heterocycles. The van der Waals surface area contributed by atoms with Crippen LogP contribution in [0.1, 0.15) is 25.5 Å². The molecule has 7 heteroatoms. The van der Waals surface area contributed by atoms with E-state index in [0.29, 0.717) is 18.5 Å². The van der Waals surface area contributed by atoms with Crippen LogP contribution < -0.4 is 10.6 Å². The summed E-state index contributed by atoms with van der Waals surface area (Å²) in [5.41, 5.74) is 0.666. The maximum absolute atomic E-state index is 12.1. The number of hydrogen-bond donors (Lipinski definition) is 3. The number of amides is 2. The first-order valence-electron chi connectivity index (χ1n) is 6.55. The van der Waals surface area contributed by atoms with Gasteiger partial charge in [0, 0.05) is 19.0 Å². The Kier molecular flexibility index (Phi) is 4.49. The summed E-state index contributed by atoms with van der Waals surface area (Å²) in [6.07, 6.45) is 6.31. The van der Waals surface area contributed by atoms with Crippen LogP contribution in [0.25, 0.3) is 0 Å². The molecule has 2 unspecified atom stereocenters. The van der Waals surface area contributed by atoms with Crippen LogP contribution in [0.3, 0.4) is 0 Å². The monoisotopic (exact) mass is 277 g/mol. The van der Waals surface area contributed by atoms with E-state index in [4.69, 9.17) is 0 Å². The van der Waals surface area contributed by atoms with E-state index < -0.39 is 12.1 Å². The van der Waals surface area contributed by atoms with E-state index in [9.17, 15) is 14.4 Å². The highest BCUT2D eigenvalue weighted by molar-refractivity contribution is 5.90. The lowest BCUT2D eigenvalue weighted by Crippen LogP contribution is -2.55. The second kappa shape index (κ2) is 6.31. The Bertz CT molecular complexity index is 486. The number of carbonyl (C=O) groups is 2. The van der Waals surface area contributed by atoms with Gasteiger partial charge in [-0.05, 0) is 12.3 Å². The topological polar surface area (TPSA) is 104 Å². The number of hydrogen-bond acceptors (Lipinski definition) is 4. The summed E-state index contributed by atoms with van der Waals surface area (Å²) in [6, 6.07) is -1.36. The zero-order valence-electron chi connectivity index (χ0n) is 11.2. The zero-order valence-corrected chi connectivity index (χ0v) is 11.2. The lowest BCUT2D eigenvalue weighted by Gasteiger charge is -2.29. The maximum Gasteiger partial charge on any atom is 0.243 e. The summed E-state index contributed by atoms with van der Waals surface area (Å²) < 4.78 is 0. The normalized spacial score (nSPS) is 23.8. The van der Waals surface area contributed by atoms with Crippen LogP contribution in [0.15, 0.2) is 12.5 Å². The molecule has 20 heavy (non-hydrogen) atoms. The van der Waals surface area contributed by atoms with Crippen LogP contribution in [0.4, 0.5) is 0 Å². The molecule has 1 aliphatic rings. The number of imidazole rings is 1. The number of carbonyl (C=O) groups excluding carboxylic acids is 3. The van der Waals surface area contributed by atoms with Gasteiger partial charge in [-0.15, -0.1) is 0 Å². The number of H-pyrrole nitrogens is 1. The number of rotatable bonds is 5. The third kappa shape index (κ3) is 3.43. The van der Waals surface area contributed by atoms with Crippen LogP contribution in [0.2, 0.25) is 0 Å². The van der Waals surface area contributed by atoms with Gasteiger partial charge in [0.15, 0.2) is 0 Å². The Hall–Kier alpha value is -2.18. The molecule has 1 fully saturated rings. The first-order valence-corrected chi connectivity index (χ1v) is 6.55. The molecule has 0 aliphatic carbocycles. The van der Waals surface area contributed by atoms with Crippen LogP contribution in [0.5, 0.6) is 0 Å². The first-order chi connectivity index (χ1) is 9.60. The lowest BCUT2D eigenvalue weighted by atomic mass is 9.91. The van der Waals surface area contributed by atoms with Gasteiger partial charge in [-0.1, -0.05) is 6.92 Å². The van der Waals surface area contributed by atoms with Gasteiger partial charge in [0.2, 0.25) is 18.1 Å². The zero-order chi connectivity index (χ0) is 14.5. The third-order valence-electron chi connectivity index (χ3n) is 3.42. The summed E-state index contributed by atoms with van der Waals surface area (Å²) in [6.45, 7) is 1.90. The molecule has 2 heterocycles. The van der Waals surface area contributed by atoms with Gasteiger partial charge in [0.1, 0.15) is 12.1 Å². The minimum absolute atomic E-state index is 0.0467. The van der Waals surface area contributed by atoms with Crippen molar-refractivity contribution in [1.82, 2.24) is 20.6 Å². The minimum Gasteiger partial charge on any atom is -0.351 e. The van der Waals surface area contributed by atoms with Crippen molar-refractivity contribution in [3.63, 3.8) is 0 Å². The molecular weight excluding hydrogens is 260 g/mol. The van der Waals surface area contributed by atoms with Gasteiger partial charge >= 0.3 is 0 Å². The molecule has 2 rings (SSSR count). The Morgan fingerprint density at radius 2 is 2.45 bits per heavy atom. The number of piperidine rings is 1. The molecule has 0 spiro atoms. The molecule has 2 amide bonds. The van der Waals surface area contributed by atoms with Gasteiger partial charge < -0.3 is 15.6 Å². The quantitative estimate of drug-likeness (QED) is 0.672. The molecule has 3 N–H and O–H groups in total. The molecule has 1 radical (unpaired) electrons. The van der Waals surface area contributed by atoms with E-state index >= 15 is 0 Å². The Morgan fingerprint density at radius 3 is 3.10 bits per heavy atom. The van der Waals surface area contributed by atoms with E-state index in [1.807, 2.05) is 6.92 Å². The SMILES string of the molecule is CC1CCC(=O)NC1C(=O)N[C@H]([C]=O)Cc1c[nH]cn1. The molecule has 0 bridgehead atoms. The van der Waals surface area contributed by atoms with E-state index in [2.05, 4.69) is 20.6 Å². The van der Waals surface area contributed by atoms with E-state index in [1.54, 1.807) is 12.5 Å². The highest BCUT2D eigenvalue weighted by Crippen LogP contribution is 2.16. The molecule has 3 atom stereocenters. The number of nitrogens with zero attached hydrogens (tertiary/aromatic N) is 1. The molecule has 0 aromatic carbocycles. The van der Waals surface area contributed by atoms with Crippen molar-refractivity contribution in [2.75, 3.05) is 0 Å². The predicted molar refractivity (Wildman–Crippen MR) is 70.2 cm³/mol. The second-order valence-electron chi connectivity index (χ2n) is 5.00.